The summed E-state index contributed by atoms with van der Waals surface area (Å²) in [6, 6.07) is 4.13. The Morgan fingerprint density at radius 3 is 1.47 bits per heavy atom. The fourth-order valence-electron chi connectivity index (χ4n) is 4.09. The average molecular weight is 455 g/mol. The van der Waals surface area contributed by atoms with E-state index in [1.165, 1.54) is 0 Å². The molecule has 0 saturated heterocycles. The number of aliphatic imine (C=N–C) groups is 2. The molecule has 2 aromatic carbocycles. The molecular weight excluding hydrogens is 420 g/mol. The Balaban J connectivity index is 1.98. The van der Waals surface area contributed by atoms with E-state index in [0.29, 0.717) is 0 Å². The monoisotopic (exact) mass is 454 g/mol. The first kappa shape index (κ1) is 23.9. The SMILES string of the molecule is CCCC#Cc1cc2c3c(c(C#CCCC)cc4c3c1OC(CCCC)=N4)OC(CCCC)=N2. The lowest BCUT2D eigenvalue weighted by Gasteiger charge is -2.25. The zero-order valence-electron chi connectivity index (χ0n) is 20.9. The van der Waals surface area contributed by atoms with E-state index in [-0.39, 0.29) is 0 Å². The van der Waals surface area contributed by atoms with Crippen molar-refractivity contribution >= 4 is 33.9 Å². The fourth-order valence-corrected chi connectivity index (χ4v) is 4.09. The fraction of sp³-hybridized carbons (Fsp3) is 0.467. The molecule has 4 nitrogen and oxygen atoms in total. The Kier molecular flexibility index (Phi) is 7.91. The van der Waals surface area contributed by atoms with Gasteiger partial charge in [-0.05, 0) is 37.8 Å². The molecule has 0 radical (unpaired) electrons. The van der Waals surface area contributed by atoms with Gasteiger partial charge in [-0.25, -0.2) is 9.98 Å². The van der Waals surface area contributed by atoms with E-state index in [1.807, 2.05) is 0 Å². The van der Waals surface area contributed by atoms with Crippen molar-refractivity contribution in [2.24, 2.45) is 9.98 Å². The zero-order valence-corrected chi connectivity index (χ0v) is 20.9. The summed E-state index contributed by atoms with van der Waals surface area (Å²) in [5, 5.41) is 1.88. The molecule has 0 fully saturated rings. The predicted molar refractivity (Wildman–Crippen MR) is 142 cm³/mol. The van der Waals surface area contributed by atoms with Gasteiger partial charge in [0.05, 0.1) is 33.3 Å². The minimum atomic E-state index is 0.743. The second-order valence-corrected chi connectivity index (χ2v) is 8.82. The third-order valence-electron chi connectivity index (χ3n) is 5.88. The zero-order chi connectivity index (χ0) is 23.9. The molecule has 4 rings (SSSR count). The molecule has 2 aliphatic rings. The Morgan fingerprint density at radius 2 is 1.09 bits per heavy atom. The van der Waals surface area contributed by atoms with Gasteiger partial charge in [0.1, 0.15) is 0 Å². The molecule has 0 bridgehead atoms. The average Bonchev–Trinajstić information content (AvgIpc) is 2.85. The van der Waals surface area contributed by atoms with E-state index >= 15 is 0 Å². The van der Waals surface area contributed by atoms with Crippen LogP contribution in [0, 0.1) is 23.7 Å². The topological polar surface area (TPSA) is 43.2 Å². The molecule has 176 valence electrons. The van der Waals surface area contributed by atoms with E-state index < -0.39 is 0 Å². The van der Waals surface area contributed by atoms with Crippen LogP contribution >= 0.6 is 0 Å². The largest absolute Gasteiger partial charge is 0.441 e. The van der Waals surface area contributed by atoms with Gasteiger partial charge in [0.15, 0.2) is 23.3 Å². The summed E-state index contributed by atoms with van der Waals surface area (Å²) in [7, 11) is 0. The van der Waals surface area contributed by atoms with Gasteiger partial charge in [-0.15, -0.1) is 0 Å². The van der Waals surface area contributed by atoms with E-state index in [0.717, 1.165) is 121 Å². The van der Waals surface area contributed by atoms with Crippen molar-refractivity contribution in [2.45, 2.75) is 91.9 Å². The molecule has 2 aliphatic heterocycles. The Morgan fingerprint density at radius 1 is 0.647 bits per heavy atom. The van der Waals surface area contributed by atoms with Crippen molar-refractivity contribution < 1.29 is 9.47 Å². The third kappa shape index (κ3) is 4.97. The first-order chi connectivity index (χ1) is 16.7. The summed E-state index contributed by atoms with van der Waals surface area (Å²) in [4.78, 5) is 9.82. The van der Waals surface area contributed by atoms with Crippen LogP contribution in [-0.2, 0) is 0 Å². The number of hydrogen-bond acceptors (Lipinski definition) is 4. The number of unbranched alkanes of at least 4 members (excludes halogenated alkanes) is 4. The van der Waals surface area contributed by atoms with Gasteiger partial charge in [0, 0.05) is 25.7 Å². The molecule has 0 atom stereocenters. The smallest absolute Gasteiger partial charge is 0.195 e. The van der Waals surface area contributed by atoms with Crippen LogP contribution in [0.4, 0.5) is 11.4 Å². The van der Waals surface area contributed by atoms with Crippen molar-refractivity contribution in [1.29, 1.82) is 0 Å². The quantitative estimate of drug-likeness (QED) is 0.376. The minimum Gasteiger partial charge on any atom is -0.441 e. The van der Waals surface area contributed by atoms with Crippen LogP contribution in [0.2, 0.25) is 0 Å². The third-order valence-corrected chi connectivity index (χ3v) is 5.88. The second kappa shape index (κ2) is 11.3. The van der Waals surface area contributed by atoms with Crippen molar-refractivity contribution in [3.8, 4) is 35.2 Å². The summed E-state index contributed by atoms with van der Waals surface area (Å²) in [6.45, 7) is 8.64. The highest BCUT2D eigenvalue weighted by molar-refractivity contribution is 6.15. The molecular formula is C30H34N2O2. The number of nitrogens with zero attached hydrogens (tertiary/aromatic N) is 2. The van der Waals surface area contributed by atoms with E-state index in [1.54, 1.807) is 0 Å². The summed E-state index contributed by atoms with van der Waals surface area (Å²) >= 11 is 0. The van der Waals surface area contributed by atoms with Gasteiger partial charge in [-0.1, -0.05) is 64.2 Å². The summed E-state index contributed by atoms with van der Waals surface area (Å²) < 4.78 is 12.8. The van der Waals surface area contributed by atoms with Crippen LogP contribution in [0.25, 0.3) is 10.8 Å². The van der Waals surface area contributed by atoms with Crippen LogP contribution < -0.4 is 9.47 Å². The molecule has 2 heterocycles. The number of benzene rings is 2. The Hall–Kier alpha value is -3.24. The van der Waals surface area contributed by atoms with Gasteiger partial charge < -0.3 is 9.47 Å². The van der Waals surface area contributed by atoms with Crippen molar-refractivity contribution in [1.82, 2.24) is 0 Å². The first-order valence-corrected chi connectivity index (χ1v) is 12.9. The predicted octanol–water partition coefficient (Wildman–Crippen LogP) is 8.37. The van der Waals surface area contributed by atoms with Gasteiger partial charge in [0.2, 0.25) is 0 Å². The molecule has 0 saturated carbocycles. The van der Waals surface area contributed by atoms with Crippen LogP contribution in [0.3, 0.4) is 0 Å². The highest BCUT2D eigenvalue weighted by Crippen LogP contribution is 2.51. The van der Waals surface area contributed by atoms with E-state index in [4.69, 9.17) is 19.5 Å². The van der Waals surface area contributed by atoms with Crippen molar-refractivity contribution in [2.75, 3.05) is 0 Å². The first-order valence-electron chi connectivity index (χ1n) is 12.9. The standard InChI is InChI=1S/C30H34N2O2/c1-5-9-13-15-21-19-23-28-27-24(32-25(17-11-7-3)33-29(21)27)20-22(16-14-10-6-2)30(28)34-26(31-23)18-12-8-4/h19-20H,5-12,17-18H2,1-4H3. The second-order valence-electron chi connectivity index (χ2n) is 8.82. The van der Waals surface area contributed by atoms with Gasteiger partial charge in [0.25, 0.3) is 0 Å². The molecule has 4 heteroatoms. The molecule has 0 aliphatic carbocycles. The van der Waals surface area contributed by atoms with E-state index in [9.17, 15) is 0 Å². The van der Waals surface area contributed by atoms with Crippen LogP contribution in [-0.4, -0.2) is 11.8 Å². The molecule has 0 spiro atoms. The number of hydrogen-bond donors (Lipinski definition) is 0. The molecule has 2 aromatic rings. The highest BCUT2D eigenvalue weighted by atomic mass is 16.5. The lowest BCUT2D eigenvalue weighted by atomic mass is 9.96. The maximum atomic E-state index is 6.38. The van der Waals surface area contributed by atoms with Crippen LogP contribution in [0.5, 0.6) is 11.5 Å². The molecule has 0 N–H and O–H groups in total. The number of rotatable bonds is 8. The van der Waals surface area contributed by atoms with Crippen LogP contribution in [0.15, 0.2) is 22.1 Å². The highest BCUT2D eigenvalue weighted by Gasteiger charge is 2.29. The van der Waals surface area contributed by atoms with Gasteiger partial charge >= 0.3 is 0 Å². The molecule has 34 heavy (non-hydrogen) atoms. The lowest BCUT2D eigenvalue weighted by Crippen LogP contribution is -2.16. The Bertz CT molecular complexity index is 1160. The minimum absolute atomic E-state index is 0.743. The normalized spacial score (nSPS) is 13.1. The van der Waals surface area contributed by atoms with Crippen LogP contribution in [0.1, 0.15) is 103 Å². The molecule has 0 unspecified atom stereocenters. The van der Waals surface area contributed by atoms with Crippen molar-refractivity contribution in [3.63, 3.8) is 0 Å². The van der Waals surface area contributed by atoms with Crippen molar-refractivity contribution in [3.05, 3.63) is 23.3 Å². The summed E-state index contributed by atoms with van der Waals surface area (Å²) in [5.41, 5.74) is 3.50. The van der Waals surface area contributed by atoms with Gasteiger partial charge in [-0.2, -0.15) is 0 Å². The maximum absolute atomic E-state index is 6.38. The lowest BCUT2D eigenvalue weighted by molar-refractivity contribution is 0.519. The Labute approximate surface area is 203 Å². The summed E-state index contributed by atoms with van der Waals surface area (Å²) in [6.07, 6.45) is 9.58. The number of ether oxygens (including phenoxy) is 2. The maximum Gasteiger partial charge on any atom is 0.195 e. The van der Waals surface area contributed by atoms with E-state index in [2.05, 4.69) is 63.5 Å². The molecule has 0 amide bonds. The molecule has 0 aromatic heterocycles. The summed E-state index contributed by atoms with van der Waals surface area (Å²) in [5.74, 6) is 16.4. The van der Waals surface area contributed by atoms with Gasteiger partial charge in [-0.3, -0.25) is 0 Å².